The van der Waals surface area contributed by atoms with Crippen molar-refractivity contribution in [1.29, 1.82) is 0 Å². The molecule has 0 aliphatic carbocycles. The molecule has 0 saturated heterocycles. The van der Waals surface area contributed by atoms with Crippen LogP contribution in [0.25, 0.3) is 0 Å². The molecule has 76 valence electrons. The minimum atomic E-state index is 0.176. The fraction of sp³-hybridized carbons (Fsp3) is 0.455. The third-order valence-corrected chi connectivity index (χ3v) is 2.69. The van der Waals surface area contributed by atoms with Crippen LogP contribution in [0.3, 0.4) is 0 Å². The van der Waals surface area contributed by atoms with Crippen molar-refractivity contribution in [2.24, 2.45) is 0 Å². The molecule has 3 nitrogen and oxygen atoms in total. The van der Waals surface area contributed by atoms with Gasteiger partial charge in [0.25, 0.3) is 0 Å². The molecule has 0 aromatic heterocycles. The van der Waals surface area contributed by atoms with Crippen molar-refractivity contribution >= 4 is 0 Å². The minimum Gasteiger partial charge on any atom is -0.478 e. The Labute approximate surface area is 83.9 Å². The molecule has 1 unspecified atom stereocenters. The summed E-state index contributed by atoms with van der Waals surface area (Å²) >= 11 is 0. The number of aliphatic hydroxyl groups excluding tert-OH is 1. The van der Waals surface area contributed by atoms with Crippen LogP contribution < -0.4 is 4.74 Å². The zero-order chi connectivity index (χ0) is 9.97. The number of nitrogens with zero attached hydrogens (tertiary/aromatic N) is 1. The van der Waals surface area contributed by atoms with E-state index in [1.807, 2.05) is 18.2 Å². The summed E-state index contributed by atoms with van der Waals surface area (Å²) in [4.78, 5) is 2.11. The molecule has 1 N–H and O–H groups in total. The van der Waals surface area contributed by atoms with Gasteiger partial charge < -0.3 is 9.84 Å². The second-order valence-electron chi connectivity index (χ2n) is 3.52. The zero-order valence-electron chi connectivity index (χ0n) is 8.31. The Kier molecular flexibility index (Phi) is 2.70. The lowest BCUT2D eigenvalue weighted by Crippen LogP contribution is -2.36. The highest BCUT2D eigenvalue weighted by Crippen LogP contribution is 2.32. The van der Waals surface area contributed by atoms with Gasteiger partial charge in [0.05, 0.1) is 6.61 Å². The van der Waals surface area contributed by atoms with Crippen molar-refractivity contribution in [3.05, 3.63) is 29.8 Å². The SMILES string of the molecule is CC1c2ccccc2OCN1CCO. The van der Waals surface area contributed by atoms with E-state index < -0.39 is 0 Å². The average Bonchev–Trinajstić information content (AvgIpc) is 2.23. The van der Waals surface area contributed by atoms with E-state index in [0.717, 1.165) is 5.75 Å². The van der Waals surface area contributed by atoms with Crippen LogP contribution in [-0.4, -0.2) is 29.9 Å². The normalized spacial score (nSPS) is 21.4. The van der Waals surface area contributed by atoms with Crippen LogP contribution in [0.15, 0.2) is 24.3 Å². The van der Waals surface area contributed by atoms with E-state index in [9.17, 15) is 0 Å². The number of benzene rings is 1. The smallest absolute Gasteiger partial charge is 0.142 e. The summed E-state index contributed by atoms with van der Waals surface area (Å²) in [6.07, 6.45) is 0. The maximum atomic E-state index is 8.89. The minimum absolute atomic E-state index is 0.176. The van der Waals surface area contributed by atoms with Gasteiger partial charge in [-0.15, -0.1) is 0 Å². The third kappa shape index (κ3) is 1.61. The number of ether oxygens (including phenoxy) is 1. The van der Waals surface area contributed by atoms with Crippen LogP contribution in [-0.2, 0) is 0 Å². The summed E-state index contributed by atoms with van der Waals surface area (Å²) in [5, 5.41) is 8.89. The summed E-state index contributed by atoms with van der Waals surface area (Å²) in [7, 11) is 0. The molecule has 1 aromatic carbocycles. The van der Waals surface area contributed by atoms with E-state index in [2.05, 4.69) is 17.9 Å². The molecule has 0 saturated carbocycles. The van der Waals surface area contributed by atoms with Gasteiger partial charge >= 0.3 is 0 Å². The van der Waals surface area contributed by atoms with Crippen molar-refractivity contribution in [2.45, 2.75) is 13.0 Å². The fourth-order valence-electron chi connectivity index (χ4n) is 1.80. The van der Waals surface area contributed by atoms with Gasteiger partial charge in [-0.25, -0.2) is 0 Å². The van der Waals surface area contributed by atoms with Crippen LogP contribution in [0.4, 0.5) is 0 Å². The molecular formula is C11H15NO2. The molecule has 1 heterocycles. The molecule has 1 aliphatic rings. The number of β-amino-alcohol motifs (C(OH)–C–C–N with tert-alkyl or cyclic N) is 1. The van der Waals surface area contributed by atoms with Gasteiger partial charge in [-0.05, 0) is 13.0 Å². The molecule has 0 fully saturated rings. The highest BCUT2D eigenvalue weighted by Gasteiger charge is 2.23. The van der Waals surface area contributed by atoms with Crippen LogP contribution >= 0.6 is 0 Å². The predicted octanol–water partition coefficient (Wildman–Crippen LogP) is 1.39. The first-order valence-electron chi connectivity index (χ1n) is 4.89. The maximum Gasteiger partial charge on any atom is 0.142 e. The Balaban J connectivity index is 2.22. The van der Waals surface area contributed by atoms with Gasteiger partial charge in [0.15, 0.2) is 0 Å². The first kappa shape index (κ1) is 9.49. The van der Waals surface area contributed by atoms with Gasteiger partial charge in [-0.1, -0.05) is 18.2 Å². The van der Waals surface area contributed by atoms with Gasteiger partial charge in [0, 0.05) is 18.2 Å². The topological polar surface area (TPSA) is 32.7 Å². The quantitative estimate of drug-likeness (QED) is 0.770. The Morgan fingerprint density at radius 1 is 1.50 bits per heavy atom. The van der Waals surface area contributed by atoms with Crippen LogP contribution in [0.2, 0.25) is 0 Å². The number of fused-ring (bicyclic) bond motifs is 1. The number of aliphatic hydroxyl groups is 1. The molecule has 3 heteroatoms. The number of para-hydroxylation sites is 1. The predicted molar refractivity (Wildman–Crippen MR) is 54.1 cm³/mol. The van der Waals surface area contributed by atoms with E-state index in [1.165, 1.54) is 5.56 Å². The van der Waals surface area contributed by atoms with Crippen molar-refractivity contribution in [3.63, 3.8) is 0 Å². The highest BCUT2D eigenvalue weighted by atomic mass is 16.5. The third-order valence-electron chi connectivity index (χ3n) is 2.69. The van der Waals surface area contributed by atoms with Crippen molar-refractivity contribution in [1.82, 2.24) is 4.90 Å². The molecule has 0 spiro atoms. The Hall–Kier alpha value is -1.06. The molecule has 1 atom stereocenters. The molecule has 1 aromatic rings. The molecule has 14 heavy (non-hydrogen) atoms. The Morgan fingerprint density at radius 2 is 2.29 bits per heavy atom. The molecule has 2 rings (SSSR count). The lowest BCUT2D eigenvalue weighted by Gasteiger charge is -2.34. The van der Waals surface area contributed by atoms with Crippen LogP contribution in [0.5, 0.6) is 5.75 Å². The van der Waals surface area contributed by atoms with Crippen LogP contribution in [0, 0.1) is 0 Å². The number of rotatable bonds is 2. The standard InChI is InChI=1S/C11H15NO2/c1-9-10-4-2-3-5-11(10)14-8-12(9)6-7-13/h2-5,9,13H,6-8H2,1H3. The zero-order valence-corrected chi connectivity index (χ0v) is 8.31. The number of hydrogen-bond donors (Lipinski definition) is 1. The first-order chi connectivity index (χ1) is 6.83. The van der Waals surface area contributed by atoms with E-state index >= 15 is 0 Å². The van der Waals surface area contributed by atoms with Crippen LogP contribution in [0.1, 0.15) is 18.5 Å². The van der Waals surface area contributed by atoms with Crippen molar-refractivity contribution in [3.8, 4) is 5.75 Å². The molecular weight excluding hydrogens is 178 g/mol. The highest BCUT2D eigenvalue weighted by molar-refractivity contribution is 5.36. The Bertz CT molecular complexity index is 314. The van der Waals surface area contributed by atoms with Gasteiger partial charge in [-0.3, -0.25) is 4.90 Å². The monoisotopic (exact) mass is 193 g/mol. The fourth-order valence-corrected chi connectivity index (χ4v) is 1.80. The lowest BCUT2D eigenvalue weighted by molar-refractivity contribution is 0.0496. The molecule has 0 radical (unpaired) electrons. The van der Waals surface area contributed by atoms with Crippen molar-refractivity contribution in [2.75, 3.05) is 19.9 Å². The summed E-state index contributed by atoms with van der Waals surface area (Å²) in [5.74, 6) is 0.967. The average molecular weight is 193 g/mol. The largest absolute Gasteiger partial charge is 0.478 e. The van der Waals surface area contributed by atoms with Gasteiger partial charge in [0.2, 0.25) is 0 Å². The van der Waals surface area contributed by atoms with Crippen molar-refractivity contribution < 1.29 is 9.84 Å². The van der Waals surface area contributed by atoms with E-state index in [1.54, 1.807) is 0 Å². The molecule has 0 amide bonds. The van der Waals surface area contributed by atoms with E-state index in [4.69, 9.17) is 9.84 Å². The Morgan fingerprint density at radius 3 is 3.07 bits per heavy atom. The summed E-state index contributed by atoms with van der Waals surface area (Å²) in [6.45, 7) is 3.54. The lowest BCUT2D eigenvalue weighted by atomic mass is 10.1. The van der Waals surface area contributed by atoms with E-state index in [0.29, 0.717) is 19.3 Å². The molecule has 1 aliphatic heterocycles. The second kappa shape index (κ2) is 3.98. The number of hydrogen-bond acceptors (Lipinski definition) is 3. The van der Waals surface area contributed by atoms with E-state index in [-0.39, 0.29) is 6.61 Å². The summed E-state index contributed by atoms with van der Waals surface area (Å²) in [6, 6.07) is 8.38. The summed E-state index contributed by atoms with van der Waals surface area (Å²) < 4.78 is 5.57. The maximum absolute atomic E-state index is 8.89. The second-order valence-corrected chi connectivity index (χ2v) is 3.52. The van der Waals surface area contributed by atoms with Gasteiger partial charge in [-0.2, -0.15) is 0 Å². The van der Waals surface area contributed by atoms with Gasteiger partial charge in [0.1, 0.15) is 12.5 Å². The first-order valence-corrected chi connectivity index (χ1v) is 4.89. The molecule has 0 bridgehead atoms. The summed E-state index contributed by atoms with van der Waals surface area (Å²) in [5.41, 5.74) is 1.20.